The van der Waals surface area contributed by atoms with Crippen molar-refractivity contribution < 1.29 is 28.2 Å². The molecule has 35 heavy (non-hydrogen) atoms. The van der Waals surface area contributed by atoms with Crippen LogP contribution in [0.5, 0.6) is 5.75 Å². The van der Waals surface area contributed by atoms with E-state index in [1.165, 1.54) is 49.6 Å². The first-order valence-electron chi connectivity index (χ1n) is 10.4. The summed E-state index contributed by atoms with van der Waals surface area (Å²) in [6.45, 7) is 0. The second-order valence-electron chi connectivity index (χ2n) is 7.80. The smallest absolute Gasteiger partial charge is 0.294 e. The molecule has 0 spiro atoms. The number of carbonyl (C=O) groups excluding carboxylic acids is 2. The minimum absolute atomic E-state index is 0.0269. The van der Waals surface area contributed by atoms with Gasteiger partial charge in [-0.1, -0.05) is 45.7 Å². The monoisotopic (exact) mass is 555 g/mol. The first-order chi connectivity index (χ1) is 16.8. The highest BCUT2D eigenvalue weighted by Gasteiger charge is 2.46. The summed E-state index contributed by atoms with van der Waals surface area (Å²) in [5.74, 6) is -2.78. The van der Waals surface area contributed by atoms with Gasteiger partial charge in [0.15, 0.2) is 11.5 Å². The molecule has 1 aliphatic rings. The van der Waals surface area contributed by atoms with E-state index in [-0.39, 0.29) is 27.6 Å². The van der Waals surface area contributed by atoms with Crippen LogP contribution in [0.25, 0.3) is 11.0 Å². The largest absolute Gasteiger partial charge is 0.503 e. The molecule has 0 saturated heterocycles. The lowest BCUT2D eigenvalue weighted by Gasteiger charge is -2.27. The van der Waals surface area contributed by atoms with Crippen molar-refractivity contribution in [3.05, 3.63) is 105 Å². The lowest BCUT2D eigenvalue weighted by Crippen LogP contribution is -2.31. The fraction of sp³-hybridized carbons (Fsp3) is 0.0769. The third kappa shape index (κ3) is 3.88. The SMILES string of the molecule is COc1ccc(N2C(=O)C(O)=C(C(=O)c3cc4cc(Br)ccc4o3)C2c2ccccc2F)cc1Cl. The number of nitrogens with zero attached hydrogens (tertiary/aromatic N) is 1. The number of ketones is 1. The van der Waals surface area contributed by atoms with E-state index in [1.807, 2.05) is 0 Å². The summed E-state index contributed by atoms with van der Waals surface area (Å²) in [5.41, 5.74) is 0.420. The summed E-state index contributed by atoms with van der Waals surface area (Å²) in [6, 6.07) is 15.7. The molecule has 1 unspecified atom stereocenters. The van der Waals surface area contributed by atoms with E-state index in [1.54, 1.807) is 24.3 Å². The molecule has 1 atom stereocenters. The van der Waals surface area contributed by atoms with Gasteiger partial charge in [-0.2, -0.15) is 0 Å². The van der Waals surface area contributed by atoms with E-state index in [4.69, 9.17) is 20.8 Å². The van der Waals surface area contributed by atoms with Crippen molar-refractivity contribution >= 4 is 55.9 Å². The number of aliphatic hydroxyl groups excluding tert-OH is 1. The molecule has 0 fully saturated rings. The van der Waals surface area contributed by atoms with E-state index < -0.39 is 29.3 Å². The fourth-order valence-corrected chi connectivity index (χ4v) is 4.79. The summed E-state index contributed by atoms with van der Waals surface area (Å²) in [5, 5.41) is 11.7. The summed E-state index contributed by atoms with van der Waals surface area (Å²) in [6.07, 6.45) is 0. The molecule has 176 valence electrons. The van der Waals surface area contributed by atoms with E-state index in [0.717, 1.165) is 9.37 Å². The number of Topliss-reactive ketones (excluding diaryl/α,β-unsaturated/α-hetero) is 1. The van der Waals surface area contributed by atoms with Crippen LogP contribution >= 0.6 is 27.5 Å². The van der Waals surface area contributed by atoms with E-state index in [9.17, 15) is 14.7 Å². The van der Waals surface area contributed by atoms with Gasteiger partial charge in [0, 0.05) is 21.1 Å². The highest BCUT2D eigenvalue weighted by Crippen LogP contribution is 2.44. The molecule has 1 aliphatic heterocycles. The molecule has 9 heteroatoms. The van der Waals surface area contributed by atoms with Crippen LogP contribution in [0.2, 0.25) is 5.02 Å². The third-order valence-corrected chi connectivity index (χ3v) is 6.56. The zero-order valence-electron chi connectivity index (χ0n) is 18.1. The van der Waals surface area contributed by atoms with Crippen molar-refractivity contribution in [1.29, 1.82) is 0 Å². The molecule has 2 heterocycles. The average Bonchev–Trinajstić information content (AvgIpc) is 3.37. The van der Waals surface area contributed by atoms with Crippen molar-refractivity contribution in [3.63, 3.8) is 0 Å². The minimum atomic E-state index is -1.26. The van der Waals surface area contributed by atoms with Crippen LogP contribution in [-0.4, -0.2) is 23.9 Å². The Morgan fingerprint density at radius 2 is 1.91 bits per heavy atom. The second kappa shape index (κ2) is 8.87. The van der Waals surface area contributed by atoms with Crippen LogP contribution in [0.4, 0.5) is 10.1 Å². The molecule has 3 aromatic carbocycles. The van der Waals surface area contributed by atoms with Gasteiger partial charge < -0.3 is 14.3 Å². The summed E-state index contributed by atoms with van der Waals surface area (Å²) in [7, 11) is 1.44. The van der Waals surface area contributed by atoms with Crippen molar-refractivity contribution in [2.75, 3.05) is 12.0 Å². The number of ether oxygens (including phenoxy) is 1. The van der Waals surface area contributed by atoms with Gasteiger partial charge in [-0.3, -0.25) is 14.5 Å². The van der Waals surface area contributed by atoms with Gasteiger partial charge in [0.1, 0.15) is 17.1 Å². The van der Waals surface area contributed by atoms with Crippen LogP contribution in [0, 0.1) is 5.82 Å². The lowest BCUT2D eigenvalue weighted by molar-refractivity contribution is -0.117. The summed E-state index contributed by atoms with van der Waals surface area (Å²) < 4.78 is 26.7. The number of benzene rings is 3. The average molecular weight is 557 g/mol. The minimum Gasteiger partial charge on any atom is -0.503 e. The number of halogens is 3. The predicted octanol–water partition coefficient (Wildman–Crippen LogP) is 6.78. The van der Waals surface area contributed by atoms with Gasteiger partial charge in [-0.15, -0.1) is 0 Å². The van der Waals surface area contributed by atoms with Crippen LogP contribution in [0.3, 0.4) is 0 Å². The van der Waals surface area contributed by atoms with Crippen molar-refractivity contribution in [1.82, 2.24) is 0 Å². The molecular weight excluding hydrogens is 541 g/mol. The molecular formula is C26H16BrClFNO5. The maximum absolute atomic E-state index is 15.0. The zero-order chi connectivity index (χ0) is 24.9. The van der Waals surface area contributed by atoms with E-state index >= 15 is 4.39 Å². The van der Waals surface area contributed by atoms with Crippen molar-refractivity contribution in [2.45, 2.75) is 6.04 Å². The number of aliphatic hydroxyl groups is 1. The normalized spacial score (nSPS) is 15.8. The third-order valence-electron chi connectivity index (χ3n) is 5.77. The standard InChI is InChI=1S/C26H16BrClFNO5/c1-34-20-9-7-15(12-17(20)28)30-23(16-4-2-3-5-18(16)29)22(25(32)26(30)33)24(31)21-11-13-10-14(27)6-8-19(13)35-21/h2-12,23,32H,1H3. The molecule has 5 rings (SSSR count). The van der Waals surface area contributed by atoms with Gasteiger partial charge in [-0.05, 0) is 48.5 Å². The zero-order valence-corrected chi connectivity index (χ0v) is 20.4. The highest BCUT2D eigenvalue weighted by molar-refractivity contribution is 9.10. The number of amides is 1. The second-order valence-corrected chi connectivity index (χ2v) is 9.13. The van der Waals surface area contributed by atoms with Gasteiger partial charge in [0.2, 0.25) is 5.78 Å². The van der Waals surface area contributed by atoms with Crippen LogP contribution in [0.15, 0.2) is 87.0 Å². The van der Waals surface area contributed by atoms with Crippen LogP contribution in [0.1, 0.15) is 22.2 Å². The molecule has 4 aromatic rings. The number of methoxy groups -OCH3 is 1. The Morgan fingerprint density at radius 1 is 1.14 bits per heavy atom. The molecule has 1 amide bonds. The summed E-state index contributed by atoms with van der Waals surface area (Å²) >= 11 is 9.64. The molecule has 0 radical (unpaired) electrons. The number of fused-ring (bicyclic) bond motifs is 1. The molecule has 0 saturated carbocycles. The van der Waals surface area contributed by atoms with Crippen LogP contribution < -0.4 is 9.64 Å². The van der Waals surface area contributed by atoms with Gasteiger partial charge in [0.25, 0.3) is 5.91 Å². The molecule has 6 nitrogen and oxygen atoms in total. The Hall–Kier alpha value is -3.62. The molecule has 1 N–H and O–H groups in total. The predicted molar refractivity (Wildman–Crippen MR) is 133 cm³/mol. The topological polar surface area (TPSA) is 80.0 Å². The Labute approximate surface area is 212 Å². The number of rotatable bonds is 5. The van der Waals surface area contributed by atoms with Gasteiger partial charge in [0.05, 0.1) is 23.7 Å². The number of hydrogen-bond donors (Lipinski definition) is 1. The van der Waals surface area contributed by atoms with Crippen molar-refractivity contribution in [2.24, 2.45) is 0 Å². The molecule has 0 aliphatic carbocycles. The fourth-order valence-electron chi connectivity index (χ4n) is 4.16. The molecule has 1 aromatic heterocycles. The highest BCUT2D eigenvalue weighted by atomic mass is 79.9. The Balaban J connectivity index is 1.67. The first kappa shape index (κ1) is 23.1. The number of anilines is 1. The number of furan rings is 1. The molecule has 0 bridgehead atoms. The van der Waals surface area contributed by atoms with E-state index in [2.05, 4.69) is 15.9 Å². The number of carbonyl (C=O) groups is 2. The Morgan fingerprint density at radius 3 is 2.63 bits per heavy atom. The summed E-state index contributed by atoms with van der Waals surface area (Å²) in [4.78, 5) is 28.0. The quantitative estimate of drug-likeness (QED) is 0.274. The maximum atomic E-state index is 15.0. The van der Waals surface area contributed by atoms with Gasteiger partial charge >= 0.3 is 0 Å². The maximum Gasteiger partial charge on any atom is 0.294 e. The van der Waals surface area contributed by atoms with Crippen molar-refractivity contribution in [3.8, 4) is 5.75 Å². The van der Waals surface area contributed by atoms with Gasteiger partial charge in [-0.25, -0.2) is 4.39 Å². The van der Waals surface area contributed by atoms with E-state index in [0.29, 0.717) is 16.7 Å². The van der Waals surface area contributed by atoms with Crippen LogP contribution in [-0.2, 0) is 4.79 Å². The number of hydrogen-bond acceptors (Lipinski definition) is 5. The Kier molecular flexibility index (Phi) is 5.86. The lowest BCUT2D eigenvalue weighted by atomic mass is 9.94. The first-order valence-corrected chi connectivity index (χ1v) is 11.6. The Bertz CT molecular complexity index is 1550.